The maximum Gasteiger partial charge on any atom is 0.260 e. The summed E-state index contributed by atoms with van der Waals surface area (Å²) in [7, 11) is 3.90. The standard InChI is InChI=1S/C19H20FN3OS2.ClH/c1-22(2)9-10-23(18(24)13-5-4-6-14(20)11-13)19-21-16-8-7-15(25-3)12-17(16)26-19;/h4-8,11-12H,9-10H2,1-3H3;1H. The molecule has 0 bridgehead atoms. The van der Waals surface area contributed by atoms with Crippen LogP contribution in [-0.4, -0.2) is 49.2 Å². The number of rotatable bonds is 6. The molecule has 3 rings (SSSR count). The molecule has 0 spiro atoms. The summed E-state index contributed by atoms with van der Waals surface area (Å²) in [4.78, 5) is 22.4. The Bertz CT molecular complexity index is 932. The lowest BCUT2D eigenvalue weighted by molar-refractivity contribution is 0.0985. The minimum absolute atomic E-state index is 0. The molecule has 8 heteroatoms. The Morgan fingerprint density at radius 1 is 1.19 bits per heavy atom. The quantitative estimate of drug-likeness (QED) is 0.532. The van der Waals surface area contributed by atoms with E-state index in [4.69, 9.17) is 0 Å². The Hall–Kier alpha value is -1.67. The Kier molecular flexibility index (Phi) is 7.61. The van der Waals surface area contributed by atoms with Crippen molar-refractivity contribution in [3.8, 4) is 0 Å². The highest BCUT2D eigenvalue weighted by Gasteiger charge is 2.21. The highest BCUT2D eigenvalue weighted by Crippen LogP contribution is 2.32. The topological polar surface area (TPSA) is 36.4 Å². The van der Waals surface area contributed by atoms with Gasteiger partial charge in [-0.05, 0) is 56.7 Å². The van der Waals surface area contributed by atoms with Crippen LogP contribution in [0.15, 0.2) is 47.4 Å². The van der Waals surface area contributed by atoms with Gasteiger partial charge in [0.25, 0.3) is 5.91 Å². The molecular weight excluding hydrogens is 405 g/mol. The fraction of sp³-hybridized carbons (Fsp3) is 0.263. The number of aromatic nitrogens is 1. The zero-order valence-electron chi connectivity index (χ0n) is 15.3. The molecule has 0 aliphatic rings. The third kappa shape index (κ3) is 5.19. The first-order valence-corrected chi connectivity index (χ1v) is 10.2. The number of fused-ring (bicyclic) bond motifs is 1. The molecule has 0 aliphatic carbocycles. The number of nitrogens with zero attached hydrogens (tertiary/aromatic N) is 3. The van der Waals surface area contributed by atoms with E-state index in [1.54, 1.807) is 28.8 Å². The molecule has 1 amide bonds. The van der Waals surface area contributed by atoms with Gasteiger partial charge in [-0.15, -0.1) is 24.2 Å². The van der Waals surface area contributed by atoms with E-state index in [1.807, 2.05) is 37.4 Å². The van der Waals surface area contributed by atoms with E-state index in [1.165, 1.54) is 23.5 Å². The number of carbonyl (C=O) groups excluding carboxylic acids is 1. The Labute approximate surface area is 172 Å². The Morgan fingerprint density at radius 3 is 2.63 bits per heavy atom. The average molecular weight is 426 g/mol. The van der Waals surface area contributed by atoms with Gasteiger partial charge in [-0.3, -0.25) is 9.69 Å². The smallest absolute Gasteiger partial charge is 0.260 e. The number of anilines is 1. The molecule has 2 aromatic carbocycles. The van der Waals surface area contributed by atoms with Crippen LogP contribution >= 0.6 is 35.5 Å². The van der Waals surface area contributed by atoms with Gasteiger partial charge in [0, 0.05) is 23.5 Å². The molecule has 0 aliphatic heterocycles. The van der Waals surface area contributed by atoms with Gasteiger partial charge >= 0.3 is 0 Å². The van der Waals surface area contributed by atoms with Crippen LogP contribution in [0.2, 0.25) is 0 Å². The predicted octanol–water partition coefficient (Wildman–Crippen LogP) is 4.79. The van der Waals surface area contributed by atoms with Crippen molar-refractivity contribution in [1.82, 2.24) is 9.88 Å². The zero-order chi connectivity index (χ0) is 18.7. The van der Waals surface area contributed by atoms with Crippen molar-refractivity contribution in [1.29, 1.82) is 0 Å². The first kappa shape index (κ1) is 21.6. The molecule has 0 atom stereocenters. The summed E-state index contributed by atoms with van der Waals surface area (Å²) in [5, 5.41) is 0.634. The lowest BCUT2D eigenvalue weighted by Gasteiger charge is -2.22. The molecule has 4 nitrogen and oxygen atoms in total. The van der Waals surface area contributed by atoms with E-state index in [-0.39, 0.29) is 18.3 Å². The van der Waals surface area contributed by atoms with Crippen molar-refractivity contribution >= 4 is 56.8 Å². The van der Waals surface area contributed by atoms with Crippen LogP contribution in [0, 0.1) is 5.82 Å². The van der Waals surface area contributed by atoms with Crippen LogP contribution in [-0.2, 0) is 0 Å². The number of hydrogen-bond donors (Lipinski definition) is 0. The number of carbonyl (C=O) groups is 1. The van der Waals surface area contributed by atoms with Crippen LogP contribution in [0.3, 0.4) is 0 Å². The van der Waals surface area contributed by atoms with Crippen molar-refractivity contribution in [2.75, 3.05) is 38.3 Å². The van der Waals surface area contributed by atoms with Crippen molar-refractivity contribution < 1.29 is 9.18 Å². The van der Waals surface area contributed by atoms with Crippen LogP contribution < -0.4 is 4.90 Å². The number of likely N-dealkylation sites (N-methyl/N-ethyl adjacent to an activating group) is 1. The largest absolute Gasteiger partial charge is 0.308 e. The molecule has 0 unspecified atom stereocenters. The van der Waals surface area contributed by atoms with E-state index in [0.717, 1.165) is 15.1 Å². The van der Waals surface area contributed by atoms with Crippen LogP contribution in [0.4, 0.5) is 9.52 Å². The van der Waals surface area contributed by atoms with Crippen LogP contribution in [0.1, 0.15) is 10.4 Å². The minimum Gasteiger partial charge on any atom is -0.308 e. The second-order valence-corrected chi connectivity index (χ2v) is 7.99. The molecule has 0 saturated heterocycles. The van der Waals surface area contributed by atoms with E-state index in [9.17, 15) is 9.18 Å². The van der Waals surface area contributed by atoms with E-state index < -0.39 is 5.82 Å². The second kappa shape index (κ2) is 9.50. The van der Waals surface area contributed by atoms with E-state index in [2.05, 4.69) is 11.1 Å². The fourth-order valence-electron chi connectivity index (χ4n) is 2.50. The maximum atomic E-state index is 13.6. The summed E-state index contributed by atoms with van der Waals surface area (Å²) in [5.74, 6) is -0.659. The summed E-state index contributed by atoms with van der Waals surface area (Å²) in [6, 6.07) is 11.9. The number of thiazole rings is 1. The van der Waals surface area contributed by atoms with Gasteiger partial charge in [-0.25, -0.2) is 9.37 Å². The molecule has 0 N–H and O–H groups in total. The third-order valence-electron chi connectivity index (χ3n) is 3.90. The number of benzene rings is 2. The Balaban J connectivity index is 0.00000261. The average Bonchev–Trinajstić information content (AvgIpc) is 3.04. The van der Waals surface area contributed by atoms with Gasteiger partial charge in [-0.2, -0.15) is 0 Å². The number of amides is 1. The SMILES string of the molecule is CSc1ccc2nc(N(CCN(C)C)C(=O)c3cccc(F)c3)sc2c1.Cl. The summed E-state index contributed by atoms with van der Waals surface area (Å²) >= 11 is 3.15. The van der Waals surface area contributed by atoms with E-state index >= 15 is 0 Å². The zero-order valence-corrected chi connectivity index (χ0v) is 17.8. The predicted molar refractivity (Wildman–Crippen MR) is 115 cm³/mol. The van der Waals surface area contributed by atoms with Crippen molar-refractivity contribution in [3.63, 3.8) is 0 Å². The van der Waals surface area contributed by atoms with Gasteiger partial charge < -0.3 is 4.90 Å². The molecule has 0 radical (unpaired) electrons. The van der Waals surface area contributed by atoms with Gasteiger partial charge in [0.05, 0.1) is 10.2 Å². The highest BCUT2D eigenvalue weighted by molar-refractivity contribution is 7.98. The first-order valence-electron chi connectivity index (χ1n) is 8.14. The van der Waals surface area contributed by atoms with Crippen LogP contribution in [0.25, 0.3) is 10.2 Å². The number of hydrogen-bond acceptors (Lipinski definition) is 5. The molecule has 1 heterocycles. The third-order valence-corrected chi connectivity index (χ3v) is 5.67. The summed E-state index contributed by atoms with van der Waals surface area (Å²) in [6.45, 7) is 1.17. The number of halogens is 2. The summed E-state index contributed by atoms with van der Waals surface area (Å²) in [6.07, 6.45) is 2.03. The molecule has 1 aromatic heterocycles. The number of thioether (sulfide) groups is 1. The monoisotopic (exact) mass is 425 g/mol. The lowest BCUT2D eigenvalue weighted by atomic mass is 10.2. The van der Waals surface area contributed by atoms with Gasteiger partial charge in [0.1, 0.15) is 5.82 Å². The molecular formula is C19H21ClFN3OS2. The second-order valence-electron chi connectivity index (χ2n) is 6.10. The molecule has 3 aromatic rings. The van der Waals surface area contributed by atoms with Gasteiger partial charge in [0.2, 0.25) is 0 Å². The maximum absolute atomic E-state index is 13.6. The van der Waals surface area contributed by atoms with Crippen molar-refractivity contribution in [2.45, 2.75) is 4.90 Å². The Morgan fingerprint density at radius 2 is 1.96 bits per heavy atom. The van der Waals surface area contributed by atoms with Gasteiger partial charge in [0.15, 0.2) is 5.13 Å². The molecule has 0 fully saturated rings. The normalized spacial score (nSPS) is 10.9. The molecule has 144 valence electrons. The van der Waals surface area contributed by atoms with Crippen molar-refractivity contribution in [3.05, 3.63) is 53.8 Å². The van der Waals surface area contributed by atoms with E-state index in [0.29, 0.717) is 23.8 Å². The minimum atomic E-state index is -0.419. The van der Waals surface area contributed by atoms with Crippen LogP contribution in [0.5, 0.6) is 0 Å². The lowest BCUT2D eigenvalue weighted by Crippen LogP contribution is -2.36. The first-order chi connectivity index (χ1) is 12.5. The van der Waals surface area contributed by atoms with Crippen molar-refractivity contribution in [2.24, 2.45) is 0 Å². The fourth-order valence-corrected chi connectivity index (χ4v) is 4.04. The molecule has 27 heavy (non-hydrogen) atoms. The summed E-state index contributed by atoms with van der Waals surface area (Å²) in [5.41, 5.74) is 1.19. The molecule has 0 saturated carbocycles. The highest BCUT2D eigenvalue weighted by atomic mass is 35.5. The van der Waals surface area contributed by atoms with Gasteiger partial charge in [-0.1, -0.05) is 17.4 Å². The summed E-state index contributed by atoms with van der Waals surface area (Å²) < 4.78 is 14.6.